The normalized spacial score (nSPS) is 19.5. The van der Waals surface area contributed by atoms with Gasteiger partial charge in [0.05, 0.1) is 5.92 Å². The molecule has 20 heavy (non-hydrogen) atoms. The molecule has 0 aromatic heterocycles. The maximum absolute atomic E-state index is 11.9. The van der Waals surface area contributed by atoms with E-state index in [1.807, 2.05) is 6.07 Å². The largest absolute Gasteiger partial charge is 0.370 e. The topological polar surface area (TPSA) is 84.7 Å². The molecule has 1 atom stereocenters. The third-order valence-corrected chi connectivity index (χ3v) is 3.65. The van der Waals surface area contributed by atoms with Crippen LogP contribution in [0.2, 0.25) is 0 Å². The molecule has 0 spiro atoms. The molecule has 5 heteroatoms. The van der Waals surface area contributed by atoms with Crippen LogP contribution in [0.5, 0.6) is 0 Å². The van der Waals surface area contributed by atoms with Crippen molar-refractivity contribution in [3.63, 3.8) is 0 Å². The molecule has 1 aliphatic heterocycles. The molecular weight excluding hydrogens is 252 g/mol. The van der Waals surface area contributed by atoms with E-state index >= 15 is 0 Å². The molecule has 1 heterocycles. The summed E-state index contributed by atoms with van der Waals surface area (Å²) in [5.41, 5.74) is 11.8. The van der Waals surface area contributed by atoms with E-state index < -0.39 is 0 Å². The number of hydrogen-bond donors (Lipinski definition) is 2. The van der Waals surface area contributed by atoms with Crippen molar-refractivity contribution in [3.05, 3.63) is 35.9 Å². The predicted octanol–water partition coefficient (Wildman–Crippen LogP) is 0.741. The van der Waals surface area contributed by atoms with E-state index in [9.17, 15) is 4.79 Å². The van der Waals surface area contributed by atoms with Gasteiger partial charge in [0.1, 0.15) is 0 Å². The second kappa shape index (κ2) is 7.05. The quantitative estimate of drug-likeness (QED) is 0.626. The first kappa shape index (κ1) is 14.5. The maximum atomic E-state index is 11.9. The van der Waals surface area contributed by atoms with Crippen molar-refractivity contribution in [1.29, 1.82) is 0 Å². The molecule has 0 radical (unpaired) electrons. The van der Waals surface area contributed by atoms with E-state index in [1.54, 1.807) is 0 Å². The van der Waals surface area contributed by atoms with Crippen molar-refractivity contribution in [2.24, 2.45) is 22.4 Å². The average Bonchev–Trinajstić information content (AvgIpc) is 2.46. The van der Waals surface area contributed by atoms with E-state index in [1.165, 1.54) is 5.56 Å². The van der Waals surface area contributed by atoms with Gasteiger partial charge in [0.2, 0.25) is 0 Å². The lowest BCUT2D eigenvalue weighted by Gasteiger charge is -2.31. The number of nitrogens with two attached hydrogens (primary N) is 2. The van der Waals surface area contributed by atoms with Crippen LogP contribution in [0.1, 0.15) is 18.4 Å². The zero-order valence-corrected chi connectivity index (χ0v) is 11.7. The summed E-state index contributed by atoms with van der Waals surface area (Å²) < 4.78 is 0. The van der Waals surface area contributed by atoms with Crippen LogP contribution in [0, 0.1) is 5.92 Å². The molecule has 1 aromatic carbocycles. The van der Waals surface area contributed by atoms with E-state index in [0.717, 1.165) is 38.9 Å². The van der Waals surface area contributed by atoms with Gasteiger partial charge in [-0.3, -0.25) is 4.79 Å². The molecular formula is C15H22N4O. The lowest BCUT2D eigenvalue weighted by molar-refractivity contribution is -0.123. The summed E-state index contributed by atoms with van der Waals surface area (Å²) in [7, 11) is 0. The number of amides is 1. The number of nitrogens with zero attached hydrogens (tertiary/aromatic N) is 2. The Bertz CT molecular complexity index is 468. The number of piperidine rings is 1. The highest BCUT2D eigenvalue weighted by atomic mass is 16.1. The first-order valence-electron chi connectivity index (χ1n) is 7.05. The van der Waals surface area contributed by atoms with Crippen LogP contribution in [0.15, 0.2) is 35.3 Å². The number of carbonyl (C=O) groups is 1. The van der Waals surface area contributed by atoms with Gasteiger partial charge >= 0.3 is 0 Å². The van der Waals surface area contributed by atoms with Crippen LogP contribution in [0.3, 0.4) is 0 Å². The standard InChI is InChI=1S/C15H22N4O/c16-15(17)18-14(20)13-7-4-9-19(11-13)10-8-12-5-2-1-3-6-12/h1-3,5-6,13H,4,7-11H2,(H4,16,17,18,20). The Morgan fingerprint density at radius 3 is 2.75 bits per heavy atom. The maximum Gasteiger partial charge on any atom is 0.253 e. The molecule has 1 aliphatic rings. The van der Waals surface area contributed by atoms with Gasteiger partial charge in [0, 0.05) is 13.1 Å². The Hall–Kier alpha value is -1.88. The minimum absolute atomic E-state index is 0.0679. The van der Waals surface area contributed by atoms with Gasteiger partial charge in [-0.1, -0.05) is 30.3 Å². The van der Waals surface area contributed by atoms with Gasteiger partial charge in [-0.2, -0.15) is 4.99 Å². The molecule has 0 aliphatic carbocycles. The molecule has 1 amide bonds. The monoisotopic (exact) mass is 274 g/mol. The van der Waals surface area contributed by atoms with Crippen molar-refractivity contribution in [3.8, 4) is 0 Å². The summed E-state index contributed by atoms with van der Waals surface area (Å²) in [5.74, 6) is -0.396. The summed E-state index contributed by atoms with van der Waals surface area (Å²) in [6.45, 7) is 2.76. The molecule has 0 bridgehead atoms. The minimum atomic E-state index is -0.186. The third-order valence-electron chi connectivity index (χ3n) is 3.65. The molecule has 1 aromatic rings. The molecule has 108 valence electrons. The fourth-order valence-electron chi connectivity index (χ4n) is 2.61. The van der Waals surface area contributed by atoms with Gasteiger partial charge < -0.3 is 16.4 Å². The fourth-order valence-corrected chi connectivity index (χ4v) is 2.61. The van der Waals surface area contributed by atoms with Crippen LogP contribution < -0.4 is 11.5 Å². The second-order valence-corrected chi connectivity index (χ2v) is 5.25. The Morgan fingerprint density at radius 1 is 1.30 bits per heavy atom. The number of carbonyl (C=O) groups excluding carboxylic acids is 1. The average molecular weight is 274 g/mol. The Balaban J connectivity index is 1.84. The minimum Gasteiger partial charge on any atom is -0.370 e. The van der Waals surface area contributed by atoms with E-state index in [4.69, 9.17) is 11.5 Å². The van der Waals surface area contributed by atoms with E-state index in [-0.39, 0.29) is 17.8 Å². The first-order valence-corrected chi connectivity index (χ1v) is 7.05. The molecule has 5 nitrogen and oxygen atoms in total. The highest BCUT2D eigenvalue weighted by molar-refractivity contribution is 5.92. The summed E-state index contributed by atoms with van der Waals surface area (Å²) in [6, 6.07) is 10.4. The van der Waals surface area contributed by atoms with E-state index in [2.05, 4.69) is 34.2 Å². The third kappa shape index (κ3) is 4.35. The number of likely N-dealkylation sites (tertiary alicyclic amines) is 1. The smallest absolute Gasteiger partial charge is 0.253 e. The van der Waals surface area contributed by atoms with Gasteiger partial charge in [0.15, 0.2) is 5.96 Å². The van der Waals surface area contributed by atoms with Crippen molar-refractivity contribution >= 4 is 11.9 Å². The number of benzene rings is 1. The van der Waals surface area contributed by atoms with Gasteiger partial charge in [-0.05, 0) is 31.4 Å². The van der Waals surface area contributed by atoms with Gasteiger partial charge in [-0.25, -0.2) is 0 Å². The highest BCUT2D eigenvalue weighted by Crippen LogP contribution is 2.18. The summed E-state index contributed by atoms with van der Waals surface area (Å²) in [6.07, 6.45) is 2.90. The van der Waals surface area contributed by atoms with Crippen LogP contribution in [-0.4, -0.2) is 36.4 Å². The summed E-state index contributed by atoms with van der Waals surface area (Å²) >= 11 is 0. The first-order chi connectivity index (χ1) is 9.65. The van der Waals surface area contributed by atoms with Crippen LogP contribution >= 0.6 is 0 Å². The number of hydrogen-bond acceptors (Lipinski definition) is 2. The van der Waals surface area contributed by atoms with Crippen LogP contribution in [-0.2, 0) is 11.2 Å². The SMILES string of the molecule is NC(N)=NC(=O)C1CCCN(CCc2ccccc2)C1. The summed E-state index contributed by atoms with van der Waals surface area (Å²) in [5, 5.41) is 0. The van der Waals surface area contributed by atoms with Crippen LogP contribution in [0.25, 0.3) is 0 Å². The highest BCUT2D eigenvalue weighted by Gasteiger charge is 2.25. The molecule has 2 rings (SSSR count). The Kier molecular flexibility index (Phi) is 5.12. The van der Waals surface area contributed by atoms with Gasteiger partial charge in [0.25, 0.3) is 5.91 Å². The molecule has 1 saturated heterocycles. The number of guanidine groups is 1. The summed E-state index contributed by atoms with van der Waals surface area (Å²) in [4.78, 5) is 17.8. The van der Waals surface area contributed by atoms with Gasteiger partial charge in [-0.15, -0.1) is 0 Å². The Labute approximate surface area is 119 Å². The molecule has 0 saturated carbocycles. The van der Waals surface area contributed by atoms with Crippen molar-refractivity contribution in [2.45, 2.75) is 19.3 Å². The second-order valence-electron chi connectivity index (χ2n) is 5.25. The van der Waals surface area contributed by atoms with Crippen molar-refractivity contribution < 1.29 is 4.79 Å². The molecule has 1 fully saturated rings. The van der Waals surface area contributed by atoms with Crippen molar-refractivity contribution in [1.82, 2.24) is 4.90 Å². The Morgan fingerprint density at radius 2 is 2.05 bits per heavy atom. The lowest BCUT2D eigenvalue weighted by atomic mass is 9.97. The van der Waals surface area contributed by atoms with Crippen molar-refractivity contribution in [2.75, 3.05) is 19.6 Å². The zero-order valence-electron chi connectivity index (χ0n) is 11.7. The van der Waals surface area contributed by atoms with E-state index in [0.29, 0.717) is 0 Å². The number of aliphatic imine (C=N–C) groups is 1. The van der Waals surface area contributed by atoms with Crippen LogP contribution in [0.4, 0.5) is 0 Å². The molecule has 4 N–H and O–H groups in total. The predicted molar refractivity (Wildman–Crippen MR) is 80.1 cm³/mol. The fraction of sp³-hybridized carbons (Fsp3) is 0.467. The number of rotatable bonds is 4. The lowest BCUT2D eigenvalue weighted by Crippen LogP contribution is -2.40. The molecule has 1 unspecified atom stereocenters. The zero-order chi connectivity index (χ0) is 14.4.